The van der Waals surface area contributed by atoms with Gasteiger partial charge in [0, 0.05) is 25.9 Å². The lowest BCUT2D eigenvalue weighted by atomic mass is 10.1. The van der Waals surface area contributed by atoms with Gasteiger partial charge in [-0.2, -0.15) is 0 Å². The first-order valence-electron chi connectivity index (χ1n) is 9.20. The molecule has 0 unspecified atom stereocenters. The second-order valence-electron chi connectivity index (χ2n) is 6.93. The highest BCUT2D eigenvalue weighted by Crippen LogP contribution is 2.23. The molecule has 0 spiro atoms. The van der Waals surface area contributed by atoms with Gasteiger partial charge in [0.25, 0.3) is 0 Å². The fourth-order valence-electron chi connectivity index (χ4n) is 2.85. The number of nitrogens with zero attached hydrogens (tertiary/aromatic N) is 2. The largest absolute Gasteiger partial charge is 0.441 e. The fourth-order valence-corrected chi connectivity index (χ4v) is 2.85. The van der Waals surface area contributed by atoms with Gasteiger partial charge in [-0.15, -0.1) is 0 Å². The second-order valence-corrected chi connectivity index (χ2v) is 6.93. The van der Waals surface area contributed by atoms with Crippen molar-refractivity contribution < 1.29 is 13.6 Å². The van der Waals surface area contributed by atoms with E-state index in [2.05, 4.69) is 27.3 Å². The van der Waals surface area contributed by atoms with Crippen LogP contribution in [0.15, 0.2) is 59.1 Å². The lowest BCUT2D eigenvalue weighted by Gasteiger charge is -2.10. The molecular formula is C22H24FN3O2. The normalized spacial score (nSPS) is 11.0. The molecule has 0 fully saturated rings. The summed E-state index contributed by atoms with van der Waals surface area (Å²) in [7, 11) is 4.06. The van der Waals surface area contributed by atoms with E-state index in [1.165, 1.54) is 17.8 Å². The van der Waals surface area contributed by atoms with E-state index in [1.807, 2.05) is 26.2 Å². The van der Waals surface area contributed by atoms with Crippen molar-refractivity contribution in [3.63, 3.8) is 0 Å². The summed E-state index contributed by atoms with van der Waals surface area (Å²) in [5.74, 6) is 0.343. The van der Waals surface area contributed by atoms with Crippen LogP contribution in [-0.4, -0.2) is 29.9 Å². The molecule has 1 heterocycles. The number of benzene rings is 2. The fraction of sp³-hybridized carbons (Fsp3) is 0.273. The Balaban J connectivity index is 1.46. The molecule has 0 aliphatic carbocycles. The average molecular weight is 381 g/mol. The molecule has 0 radical (unpaired) electrons. The van der Waals surface area contributed by atoms with E-state index in [0.29, 0.717) is 30.2 Å². The SMILES string of the molecule is CN(C)Cc1ccc(CNC(=O)CCc2ncc(-c3ccccc3F)o2)cc1. The van der Waals surface area contributed by atoms with Crippen LogP contribution in [0.1, 0.15) is 23.4 Å². The van der Waals surface area contributed by atoms with Crippen LogP contribution in [0.4, 0.5) is 4.39 Å². The van der Waals surface area contributed by atoms with E-state index in [9.17, 15) is 9.18 Å². The molecule has 28 heavy (non-hydrogen) atoms. The number of oxazole rings is 1. The zero-order chi connectivity index (χ0) is 19.9. The van der Waals surface area contributed by atoms with Gasteiger partial charge < -0.3 is 14.6 Å². The summed E-state index contributed by atoms with van der Waals surface area (Å²) in [6.07, 6.45) is 2.11. The molecule has 0 saturated carbocycles. The Hall–Kier alpha value is -2.99. The van der Waals surface area contributed by atoms with Gasteiger partial charge >= 0.3 is 0 Å². The Morgan fingerprint density at radius 2 is 1.82 bits per heavy atom. The Morgan fingerprint density at radius 1 is 1.11 bits per heavy atom. The van der Waals surface area contributed by atoms with E-state index >= 15 is 0 Å². The number of hydrogen-bond donors (Lipinski definition) is 1. The Kier molecular flexibility index (Phi) is 6.55. The van der Waals surface area contributed by atoms with Crippen molar-refractivity contribution in [1.82, 2.24) is 15.2 Å². The number of nitrogens with one attached hydrogen (secondary N) is 1. The molecule has 3 aromatic rings. The predicted molar refractivity (Wildman–Crippen MR) is 106 cm³/mol. The molecule has 3 rings (SSSR count). The first-order valence-corrected chi connectivity index (χ1v) is 9.20. The summed E-state index contributed by atoms with van der Waals surface area (Å²) < 4.78 is 19.4. The zero-order valence-electron chi connectivity index (χ0n) is 16.1. The Morgan fingerprint density at radius 3 is 2.54 bits per heavy atom. The predicted octanol–water partition coefficient (Wildman–Crippen LogP) is 3.79. The number of rotatable bonds is 8. The van der Waals surface area contributed by atoms with Gasteiger partial charge in [-0.05, 0) is 37.4 Å². The van der Waals surface area contributed by atoms with Crippen LogP contribution in [0.5, 0.6) is 0 Å². The lowest BCUT2D eigenvalue weighted by molar-refractivity contribution is -0.121. The van der Waals surface area contributed by atoms with Crippen LogP contribution >= 0.6 is 0 Å². The molecule has 5 nitrogen and oxygen atoms in total. The highest BCUT2D eigenvalue weighted by atomic mass is 19.1. The second kappa shape index (κ2) is 9.28. The average Bonchev–Trinajstić information content (AvgIpc) is 3.14. The van der Waals surface area contributed by atoms with Crippen molar-refractivity contribution in [3.05, 3.63) is 77.6 Å². The minimum atomic E-state index is -0.362. The number of aryl methyl sites for hydroxylation is 1. The van der Waals surface area contributed by atoms with Crippen LogP contribution in [0, 0.1) is 5.82 Å². The van der Waals surface area contributed by atoms with Crippen LogP contribution in [0.3, 0.4) is 0 Å². The summed E-state index contributed by atoms with van der Waals surface area (Å²) in [5.41, 5.74) is 2.65. The quantitative estimate of drug-likeness (QED) is 0.645. The first-order chi connectivity index (χ1) is 13.5. The van der Waals surface area contributed by atoms with Gasteiger partial charge in [0.05, 0.1) is 11.8 Å². The highest BCUT2D eigenvalue weighted by molar-refractivity contribution is 5.76. The molecule has 6 heteroatoms. The minimum Gasteiger partial charge on any atom is -0.441 e. The molecule has 146 valence electrons. The highest BCUT2D eigenvalue weighted by Gasteiger charge is 2.11. The molecule has 1 N–H and O–H groups in total. The van der Waals surface area contributed by atoms with Gasteiger partial charge in [-0.25, -0.2) is 9.37 Å². The molecular weight excluding hydrogens is 357 g/mol. The minimum absolute atomic E-state index is 0.0805. The van der Waals surface area contributed by atoms with E-state index < -0.39 is 0 Å². The van der Waals surface area contributed by atoms with Crippen LogP contribution in [-0.2, 0) is 24.3 Å². The van der Waals surface area contributed by atoms with Gasteiger partial charge in [-0.3, -0.25) is 4.79 Å². The van der Waals surface area contributed by atoms with Gasteiger partial charge in [0.2, 0.25) is 5.91 Å². The summed E-state index contributed by atoms with van der Waals surface area (Å²) in [5, 5.41) is 2.90. The first kappa shape index (κ1) is 19.8. The molecule has 0 atom stereocenters. The number of halogens is 1. The van der Waals surface area contributed by atoms with Crippen molar-refractivity contribution in [1.29, 1.82) is 0 Å². The van der Waals surface area contributed by atoms with E-state index in [0.717, 1.165) is 12.1 Å². The Labute approximate surface area is 164 Å². The van der Waals surface area contributed by atoms with Crippen LogP contribution in [0.2, 0.25) is 0 Å². The molecule has 0 bridgehead atoms. The molecule has 1 aromatic heterocycles. The van der Waals surface area contributed by atoms with Crippen molar-refractivity contribution in [2.45, 2.75) is 25.9 Å². The molecule has 0 aliphatic rings. The van der Waals surface area contributed by atoms with E-state index in [4.69, 9.17) is 4.42 Å². The summed E-state index contributed by atoms with van der Waals surface area (Å²) in [4.78, 5) is 18.3. The van der Waals surface area contributed by atoms with Crippen molar-refractivity contribution in [2.24, 2.45) is 0 Å². The Bertz CT molecular complexity index is 920. The molecule has 0 saturated heterocycles. The third kappa shape index (κ3) is 5.50. The van der Waals surface area contributed by atoms with E-state index in [-0.39, 0.29) is 18.1 Å². The molecule has 1 amide bonds. The molecule has 0 aliphatic heterocycles. The van der Waals surface area contributed by atoms with Gasteiger partial charge in [0.15, 0.2) is 11.7 Å². The van der Waals surface area contributed by atoms with E-state index in [1.54, 1.807) is 18.2 Å². The zero-order valence-corrected chi connectivity index (χ0v) is 16.1. The number of hydrogen-bond acceptors (Lipinski definition) is 4. The summed E-state index contributed by atoms with van der Waals surface area (Å²) in [6.45, 7) is 1.37. The van der Waals surface area contributed by atoms with Crippen LogP contribution in [0.25, 0.3) is 11.3 Å². The third-order valence-electron chi connectivity index (χ3n) is 4.27. The van der Waals surface area contributed by atoms with Crippen molar-refractivity contribution in [2.75, 3.05) is 14.1 Å². The van der Waals surface area contributed by atoms with Gasteiger partial charge in [0.1, 0.15) is 5.82 Å². The summed E-state index contributed by atoms with van der Waals surface area (Å²) in [6, 6.07) is 14.5. The standard InChI is InChI=1S/C22H24FN3O2/c1-26(2)15-17-9-7-16(8-10-17)13-24-21(27)11-12-22-25-14-20(28-22)18-5-3-4-6-19(18)23/h3-10,14H,11-13,15H2,1-2H3,(H,24,27). The van der Waals surface area contributed by atoms with Crippen LogP contribution < -0.4 is 5.32 Å². The monoisotopic (exact) mass is 381 g/mol. The van der Waals surface area contributed by atoms with Crippen molar-refractivity contribution in [3.8, 4) is 11.3 Å². The third-order valence-corrected chi connectivity index (χ3v) is 4.27. The maximum Gasteiger partial charge on any atom is 0.220 e. The number of carbonyl (C=O) groups is 1. The number of amides is 1. The molecule has 2 aromatic carbocycles. The number of carbonyl (C=O) groups excluding carboxylic acids is 1. The smallest absolute Gasteiger partial charge is 0.220 e. The maximum atomic E-state index is 13.8. The lowest BCUT2D eigenvalue weighted by Crippen LogP contribution is -2.23. The number of aromatic nitrogens is 1. The topological polar surface area (TPSA) is 58.4 Å². The van der Waals surface area contributed by atoms with Crippen molar-refractivity contribution >= 4 is 5.91 Å². The van der Waals surface area contributed by atoms with Gasteiger partial charge in [-0.1, -0.05) is 36.4 Å². The summed E-state index contributed by atoms with van der Waals surface area (Å²) >= 11 is 0. The maximum absolute atomic E-state index is 13.8.